The molecule has 0 radical (unpaired) electrons. The molecule has 11 heteroatoms. The number of hydrogen-bond acceptors (Lipinski definition) is 7. The molecule has 0 unspecified atom stereocenters. The molecule has 0 saturated carbocycles. The van der Waals surface area contributed by atoms with Gasteiger partial charge in [0.1, 0.15) is 19.3 Å². The highest BCUT2D eigenvalue weighted by Gasteiger charge is 2.31. The lowest BCUT2D eigenvalue weighted by Gasteiger charge is -2.12. The molecule has 178 valence electrons. The lowest BCUT2D eigenvalue weighted by molar-refractivity contribution is -0.135. The summed E-state index contributed by atoms with van der Waals surface area (Å²) in [5.41, 5.74) is 1.57. The molecule has 3 N–H and O–H groups in total. The maximum Gasteiger partial charge on any atom is 0.437 e. The zero-order valence-electron chi connectivity index (χ0n) is 18.2. The number of benzene rings is 2. The minimum absolute atomic E-state index is 0.0123. The second-order valence-electron chi connectivity index (χ2n) is 7.16. The molecular formula is C23H24N4O7. The highest BCUT2D eigenvalue weighted by Crippen LogP contribution is 2.06. The van der Waals surface area contributed by atoms with E-state index in [0.717, 1.165) is 11.1 Å². The summed E-state index contributed by atoms with van der Waals surface area (Å²) < 4.78 is 14.7. The Morgan fingerprint density at radius 3 is 2.15 bits per heavy atom. The number of esters is 1. The van der Waals surface area contributed by atoms with Crippen molar-refractivity contribution in [3.05, 3.63) is 71.8 Å². The molecule has 1 heterocycles. The number of aliphatic imine (C=N–C) groups is 1. The summed E-state index contributed by atoms with van der Waals surface area (Å²) in [5.74, 6) is -0.819. The van der Waals surface area contributed by atoms with Crippen molar-refractivity contribution >= 4 is 30.2 Å². The molecule has 0 aromatic heterocycles. The molecular weight excluding hydrogens is 444 g/mol. The van der Waals surface area contributed by atoms with Gasteiger partial charge in [0.2, 0.25) is 5.96 Å². The van der Waals surface area contributed by atoms with Crippen LogP contribution >= 0.6 is 0 Å². The second-order valence-corrected chi connectivity index (χ2v) is 7.16. The van der Waals surface area contributed by atoms with Crippen LogP contribution in [-0.2, 0) is 32.2 Å². The fourth-order valence-electron chi connectivity index (χ4n) is 2.91. The van der Waals surface area contributed by atoms with Gasteiger partial charge in [0.15, 0.2) is 0 Å². The van der Waals surface area contributed by atoms with Crippen LogP contribution in [0.1, 0.15) is 24.0 Å². The van der Waals surface area contributed by atoms with E-state index in [0.29, 0.717) is 12.8 Å². The highest BCUT2D eigenvalue weighted by atomic mass is 16.6. The van der Waals surface area contributed by atoms with E-state index < -0.39 is 30.3 Å². The first-order chi connectivity index (χ1) is 16.5. The number of nitrogens with zero attached hydrogens (tertiary/aromatic N) is 1. The molecule has 0 spiro atoms. The van der Waals surface area contributed by atoms with Crippen molar-refractivity contribution in [2.75, 3.05) is 6.54 Å². The number of hydrogen-bond donors (Lipinski definition) is 3. The standard InChI is InChI=1S/C23H24N4O7/c28-19-18(25-23(31)34-19)12-7-13-24-20(26-21(29)32-14-16-8-3-1-4-9-16)27-22(30)33-15-17-10-5-2-6-11-17/h1-6,8-11,18H,7,12-15H2,(H,25,31)(H2,24,26,27,29,30)/t18-/m0/s1. The Balaban J connectivity index is 1.52. The number of amides is 3. The number of ether oxygens (including phenoxy) is 3. The quantitative estimate of drug-likeness (QED) is 0.134. The number of cyclic esters (lactones) is 2. The van der Waals surface area contributed by atoms with Gasteiger partial charge in [-0.2, -0.15) is 0 Å². The fraction of sp³-hybridized carbons (Fsp3) is 0.261. The average Bonchev–Trinajstić information content (AvgIpc) is 3.17. The minimum Gasteiger partial charge on any atom is -0.444 e. The molecule has 2 aromatic rings. The fourth-order valence-corrected chi connectivity index (χ4v) is 2.91. The summed E-state index contributed by atoms with van der Waals surface area (Å²) in [6.45, 7) is 0.268. The molecule has 3 rings (SSSR count). The summed E-state index contributed by atoms with van der Waals surface area (Å²) >= 11 is 0. The molecule has 11 nitrogen and oxygen atoms in total. The maximum absolute atomic E-state index is 12.2. The van der Waals surface area contributed by atoms with Crippen LogP contribution in [-0.4, -0.2) is 42.8 Å². The molecule has 0 bridgehead atoms. The molecule has 1 aliphatic rings. The Kier molecular flexibility index (Phi) is 8.97. The predicted molar refractivity (Wildman–Crippen MR) is 119 cm³/mol. The van der Waals surface area contributed by atoms with Gasteiger partial charge >= 0.3 is 24.2 Å². The van der Waals surface area contributed by atoms with E-state index in [2.05, 4.69) is 25.7 Å². The number of carbonyl (C=O) groups excluding carboxylic acids is 4. The Labute approximate surface area is 195 Å². The van der Waals surface area contributed by atoms with Crippen molar-refractivity contribution in [3.63, 3.8) is 0 Å². The van der Waals surface area contributed by atoms with Gasteiger partial charge in [-0.15, -0.1) is 4.99 Å². The van der Waals surface area contributed by atoms with E-state index in [4.69, 9.17) is 9.47 Å². The predicted octanol–water partition coefficient (Wildman–Crippen LogP) is 2.61. The van der Waals surface area contributed by atoms with Crippen LogP contribution in [0.25, 0.3) is 0 Å². The number of nitrogens with one attached hydrogen (secondary N) is 3. The highest BCUT2D eigenvalue weighted by molar-refractivity contribution is 5.98. The number of rotatable bonds is 8. The molecule has 1 saturated heterocycles. The topological polar surface area (TPSA) is 144 Å². The Hall–Kier alpha value is -4.41. The van der Waals surface area contributed by atoms with Crippen LogP contribution in [0.5, 0.6) is 0 Å². The van der Waals surface area contributed by atoms with Crippen LogP contribution < -0.4 is 16.0 Å². The van der Waals surface area contributed by atoms with Gasteiger partial charge in [0, 0.05) is 6.54 Å². The normalized spacial score (nSPS) is 15.2. The minimum atomic E-state index is -0.915. The number of guanidine groups is 1. The Bertz CT molecular complexity index is 1030. The monoisotopic (exact) mass is 468 g/mol. The summed E-state index contributed by atoms with van der Waals surface area (Å²) in [7, 11) is 0. The van der Waals surface area contributed by atoms with Crippen molar-refractivity contribution in [1.29, 1.82) is 0 Å². The van der Waals surface area contributed by atoms with E-state index in [9.17, 15) is 19.2 Å². The summed E-state index contributed by atoms with van der Waals surface area (Å²) in [6.07, 6.45) is -1.83. The van der Waals surface area contributed by atoms with Crippen molar-refractivity contribution in [2.24, 2.45) is 4.99 Å². The van der Waals surface area contributed by atoms with Gasteiger partial charge in [-0.1, -0.05) is 60.7 Å². The largest absolute Gasteiger partial charge is 0.444 e. The van der Waals surface area contributed by atoms with E-state index in [-0.39, 0.29) is 25.7 Å². The third kappa shape index (κ3) is 8.26. The van der Waals surface area contributed by atoms with E-state index in [1.165, 1.54) is 0 Å². The molecule has 0 aliphatic carbocycles. The van der Waals surface area contributed by atoms with Crippen molar-refractivity contribution in [1.82, 2.24) is 16.0 Å². The first-order valence-electron chi connectivity index (χ1n) is 10.5. The van der Waals surface area contributed by atoms with Gasteiger partial charge in [-0.25, -0.2) is 19.2 Å². The Morgan fingerprint density at radius 2 is 1.56 bits per heavy atom. The Morgan fingerprint density at radius 1 is 0.941 bits per heavy atom. The van der Waals surface area contributed by atoms with E-state index >= 15 is 0 Å². The van der Waals surface area contributed by atoms with E-state index in [1.807, 2.05) is 36.4 Å². The lowest BCUT2D eigenvalue weighted by atomic mass is 10.1. The van der Waals surface area contributed by atoms with Crippen LogP contribution in [0.2, 0.25) is 0 Å². The summed E-state index contributed by atoms with van der Waals surface area (Å²) in [5, 5.41) is 7.56. The smallest absolute Gasteiger partial charge is 0.437 e. The number of alkyl carbamates (subject to hydrolysis) is 2. The molecule has 1 atom stereocenters. The van der Waals surface area contributed by atoms with Crippen molar-refractivity contribution < 1.29 is 33.4 Å². The lowest BCUT2D eigenvalue weighted by Crippen LogP contribution is -2.42. The maximum atomic E-state index is 12.2. The van der Waals surface area contributed by atoms with Gasteiger partial charge in [0.25, 0.3) is 0 Å². The van der Waals surface area contributed by atoms with Crippen LogP contribution in [0.3, 0.4) is 0 Å². The van der Waals surface area contributed by atoms with Gasteiger partial charge in [-0.3, -0.25) is 5.32 Å². The molecule has 1 aliphatic heterocycles. The summed E-state index contributed by atoms with van der Waals surface area (Å²) in [4.78, 5) is 50.7. The molecule has 1 fully saturated rings. The van der Waals surface area contributed by atoms with Crippen LogP contribution in [0, 0.1) is 0 Å². The average molecular weight is 468 g/mol. The van der Waals surface area contributed by atoms with Gasteiger partial charge in [-0.05, 0) is 24.0 Å². The van der Waals surface area contributed by atoms with Crippen LogP contribution in [0.15, 0.2) is 65.7 Å². The van der Waals surface area contributed by atoms with Crippen LogP contribution in [0.4, 0.5) is 14.4 Å². The van der Waals surface area contributed by atoms with Gasteiger partial charge in [0.05, 0.1) is 0 Å². The van der Waals surface area contributed by atoms with E-state index in [1.54, 1.807) is 24.3 Å². The third-order valence-corrected chi connectivity index (χ3v) is 4.57. The molecule has 3 amide bonds. The van der Waals surface area contributed by atoms with Gasteiger partial charge < -0.3 is 24.8 Å². The first kappa shape index (κ1) is 24.2. The summed E-state index contributed by atoms with van der Waals surface area (Å²) in [6, 6.07) is 17.4. The third-order valence-electron chi connectivity index (χ3n) is 4.57. The second kappa shape index (κ2) is 12.6. The molecule has 34 heavy (non-hydrogen) atoms. The first-order valence-corrected chi connectivity index (χ1v) is 10.5. The SMILES string of the molecule is O=C(/N=C(\NCCC[C@@H]1NC(=O)OC1=O)NC(=O)OCc1ccccc1)OCc1ccccc1. The zero-order valence-corrected chi connectivity index (χ0v) is 18.2. The van der Waals surface area contributed by atoms with Crippen molar-refractivity contribution in [3.8, 4) is 0 Å². The molecule has 2 aromatic carbocycles. The van der Waals surface area contributed by atoms with Crippen molar-refractivity contribution in [2.45, 2.75) is 32.1 Å². The zero-order chi connectivity index (χ0) is 24.2. The number of carbonyl (C=O) groups is 4.